The number of thiazole rings is 1. The second kappa shape index (κ2) is 8.78. The van der Waals surface area contributed by atoms with Crippen molar-refractivity contribution < 1.29 is 13.9 Å². The van der Waals surface area contributed by atoms with E-state index in [1.54, 1.807) is 42.6 Å². The van der Waals surface area contributed by atoms with Crippen LogP contribution in [0.3, 0.4) is 0 Å². The molecule has 1 N–H and O–H groups in total. The van der Waals surface area contributed by atoms with E-state index in [0.717, 1.165) is 15.4 Å². The normalized spacial score (nSPS) is 10.5. The molecule has 0 saturated heterocycles. The van der Waals surface area contributed by atoms with Crippen molar-refractivity contribution in [3.63, 3.8) is 0 Å². The molecule has 3 aromatic rings. The first-order valence-electron chi connectivity index (χ1n) is 7.91. The number of nitrogens with one attached hydrogen (secondary N) is 1. The molecule has 0 aliphatic heterocycles. The highest BCUT2D eigenvalue weighted by Crippen LogP contribution is 2.18. The van der Waals surface area contributed by atoms with Crippen LogP contribution in [0.4, 0.5) is 4.39 Å². The van der Waals surface area contributed by atoms with E-state index >= 15 is 0 Å². The molecule has 0 bridgehead atoms. The number of carbonyl (C=O) groups excluding carboxylic acids is 1. The molecule has 134 valence electrons. The molecule has 3 rings (SSSR count). The number of rotatable bonds is 7. The summed E-state index contributed by atoms with van der Waals surface area (Å²) in [5.41, 5.74) is 1.02. The SMILES string of the molecule is O=C(COc1ccc(Cl)cc1)NCc1ncc(Cc2ccc(F)cc2)s1. The number of benzene rings is 2. The lowest BCUT2D eigenvalue weighted by atomic mass is 10.1. The van der Waals surface area contributed by atoms with Gasteiger partial charge in [-0.3, -0.25) is 4.79 Å². The average molecular weight is 391 g/mol. The van der Waals surface area contributed by atoms with Gasteiger partial charge in [0.25, 0.3) is 5.91 Å². The Hall–Kier alpha value is -2.44. The minimum Gasteiger partial charge on any atom is -0.484 e. The van der Waals surface area contributed by atoms with E-state index < -0.39 is 0 Å². The van der Waals surface area contributed by atoms with Gasteiger partial charge in [-0.2, -0.15) is 0 Å². The van der Waals surface area contributed by atoms with Crippen molar-refractivity contribution >= 4 is 28.8 Å². The first-order chi connectivity index (χ1) is 12.6. The van der Waals surface area contributed by atoms with Gasteiger partial charge in [0.15, 0.2) is 6.61 Å². The molecule has 0 fully saturated rings. The molecule has 0 spiro atoms. The van der Waals surface area contributed by atoms with Crippen LogP contribution in [0.25, 0.3) is 0 Å². The van der Waals surface area contributed by atoms with Crippen molar-refractivity contribution in [3.05, 3.63) is 81.0 Å². The molecular weight excluding hydrogens is 375 g/mol. The standard InChI is InChI=1S/C19H16ClFN2O2S/c20-14-3-7-16(8-4-14)25-12-18(24)22-11-19-23-10-17(26-19)9-13-1-5-15(21)6-2-13/h1-8,10H,9,11-12H2,(H,22,24). The summed E-state index contributed by atoms with van der Waals surface area (Å²) < 4.78 is 18.3. The van der Waals surface area contributed by atoms with E-state index in [2.05, 4.69) is 10.3 Å². The van der Waals surface area contributed by atoms with Gasteiger partial charge in [0.05, 0.1) is 6.54 Å². The van der Waals surface area contributed by atoms with Crippen molar-refractivity contribution in [2.45, 2.75) is 13.0 Å². The number of halogens is 2. The zero-order valence-corrected chi connectivity index (χ0v) is 15.3. The van der Waals surface area contributed by atoms with Crippen molar-refractivity contribution in [1.29, 1.82) is 0 Å². The molecule has 1 amide bonds. The summed E-state index contributed by atoms with van der Waals surface area (Å²) in [7, 11) is 0. The predicted octanol–water partition coefficient (Wildman–Crippen LogP) is 4.22. The summed E-state index contributed by atoms with van der Waals surface area (Å²) >= 11 is 7.31. The average Bonchev–Trinajstić information content (AvgIpc) is 3.09. The summed E-state index contributed by atoms with van der Waals surface area (Å²) in [6.45, 7) is 0.270. The Labute approximate surface area is 159 Å². The Morgan fingerprint density at radius 3 is 2.62 bits per heavy atom. The highest BCUT2D eigenvalue weighted by Gasteiger charge is 2.07. The fourth-order valence-corrected chi connectivity index (χ4v) is 3.24. The minimum absolute atomic E-state index is 0.0740. The van der Waals surface area contributed by atoms with Crippen LogP contribution in [0.5, 0.6) is 5.75 Å². The Balaban J connectivity index is 1.44. The van der Waals surface area contributed by atoms with E-state index in [9.17, 15) is 9.18 Å². The zero-order valence-electron chi connectivity index (χ0n) is 13.7. The lowest BCUT2D eigenvalue weighted by molar-refractivity contribution is -0.123. The predicted molar refractivity (Wildman–Crippen MR) is 100 cm³/mol. The van der Waals surface area contributed by atoms with Crippen LogP contribution >= 0.6 is 22.9 Å². The monoisotopic (exact) mass is 390 g/mol. The summed E-state index contributed by atoms with van der Waals surface area (Å²) in [6, 6.07) is 13.2. The van der Waals surface area contributed by atoms with Gasteiger partial charge >= 0.3 is 0 Å². The van der Waals surface area contributed by atoms with Crippen molar-refractivity contribution in [1.82, 2.24) is 10.3 Å². The molecule has 0 saturated carbocycles. The van der Waals surface area contributed by atoms with Crippen LogP contribution in [-0.4, -0.2) is 17.5 Å². The highest BCUT2D eigenvalue weighted by atomic mass is 35.5. The molecular formula is C19H16ClFN2O2S. The molecule has 4 nitrogen and oxygen atoms in total. The second-order valence-corrected chi connectivity index (χ2v) is 7.18. The van der Waals surface area contributed by atoms with Crippen LogP contribution < -0.4 is 10.1 Å². The molecule has 0 unspecified atom stereocenters. The third kappa shape index (κ3) is 5.54. The molecule has 0 atom stereocenters. The Morgan fingerprint density at radius 1 is 1.15 bits per heavy atom. The van der Waals surface area contributed by atoms with Crippen molar-refractivity contribution in [2.24, 2.45) is 0 Å². The lowest BCUT2D eigenvalue weighted by Crippen LogP contribution is -2.28. The minimum atomic E-state index is -0.248. The maximum absolute atomic E-state index is 12.9. The van der Waals surface area contributed by atoms with Crippen LogP contribution in [0.1, 0.15) is 15.4 Å². The third-order valence-corrected chi connectivity index (χ3v) is 4.76. The van der Waals surface area contributed by atoms with Crippen molar-refractivity contribution in [3.8, 4) is 5.75 Å². The molecule has 1 aromatic heterocycles. The van der Waals surface area contributed by atoms with Crippen LogP contribution in [0, 0.1) is 5.82 Å². The number of carbonyl (C=O) groups is 1. The van der Waals surface area contributed by atoms with Gasteiger partial charge < -0.3 is 10.1 Å². The summed E-state index contributed by atoms with van der Waals surface area (Å²) in [5, 5.41) is 4.19. The van der Waals surface area contributed by atoms with Gasteiger partial charge in [-0.05, 0) is 42.0 Å². The fourth-order valence-electron chi connectivity index (χ4n) is 2.22. The second-order valence-electron chi connectivity index (χ2n) is 5.54. The number of nitrogens with zero attached hydrogens (tertiary/aromatic N) is 1. The van der Waals surface area contributed by atoms with Crippen LogP contribution in [0.2, 0.25) is 5.02 Å². The molecule has 1 heterocycles. The van der Waals surface area contributed by atoms with Gasteiger partial charge in [-0.15, -0.1) is 11.3 Å². The molecule has 0 aliphatic carbocycles. The fraction of sp³-hybridized carbons (Fsp3) is 0.158. The first kappa shape index (κ1) is 18.4. The topological polar surface area (TPSA) is 51.2 Å². The highest BCUT2D eigenvalue weighted by molar-refractivity contribution is 7.11. The Morgan fingerprint density at radius 2 is 1.88 bits per heavy atom. The van der Waals surface area contributed by atoms with E-state index in [0.29, 0.717) is 23.7 Å². The number of hydrogen-bond donors (Lipinski definition) is 1. The van der Waals surface area contributed by atoms with E-state index in [-0.39, 0.29) is 18.3 Å². The number of aromatic nitrogens is 1. The maximum atomic E-state index is 12.9. The van der Waals surface area contributed by atoms with Crippen molar-refractivity contribution in [2.75, 3.05) is 6.61 Å². The van der Waals surface area contributed by atoms with Gasteiger partial charge in [0, 0.05) is 22.5 Å². The quantitative estimate of drug-likeness (QED) is 0.657. The molecule has 7 heteroatoms. The third-order valence-electron chi connectivity index (χ3n) is 3.51. The number of hydrogen-bond acceptors (Lipinski definition) is 4. The summed E-state index contributed by atoms with van der Waals surface area (Å²) in [6.07, 6.45) is 2.46. The molecule has 2 aromatic carbocycles. The smallest absolute Gasteiger partial charge is 0.258 e. The summed E-state index contributed by atoms with van der Waals surface area (Å²) in [5.74, 6) is 0.109. The van der Waals surface area contributed by atoms with E-state index in [4.69, 9.17) is 16.3 Å². The Bertz CT molecular complexity index is 866. The van der Waals surface area contributed by atoms with Gasteiger partial charge in [-0.1, -0.05) is 23.7 Å². The van der Waals surface area contributed by atoms with Crippen LogP contribution in [-0.2, 0) is 17.8 Å². The van der Waals surface area contributed by atoms with Crippen LogP contribution in [0.15, 0.2) is 54.7 Å². The molecule has 0 radical (unpaired) electrons. The Kier molecular flexibility index (Phi) is 6.20. The lowest BCUT2D eigenvalue weighted by Gasteiger charge is -2.06. The van der Waals surface area contributed by atoms with E-state index in [1.165, 1.54) is 23.5 Å². The van der Waals surface area contributed by atoms with E-state index in [1.807, 2.05) is 0 Å². The molecule has 26 heavy (non-hydrogen) atoms. The van der Waals surface area contributed by atoms with Gasteiger partial charge in [0.1, 0.15) is 16.6 Å². The molecule has 0 aliphatic rings. The number of ether oxygens (including phenoxy) is 1. The number of amides is 1. The largest absolute Gasteiger partial charge is 0.484 e. The first-order valence-corrected chi connectivity index (χ1v) is 9.11. The van der Waals surface area contributed by atoms with Gasteiger partial charge in [0.2, 0.25) is 0 Å². The summed E-state index contributed by atoms with van der Waals surface area (Å²) in [4.78, 5) is 17.2. The maximum Gasteiger partial charge on any atom is 0.258 e. The van der Waals surface area contributed by atoms with Gasteiger partial charge in [-0.25, -0.2) is 9.37 Å². The zero-order chi connectivity index (χ0) is 18.4.